The summed E-state index contributed by atoms with van der Waals surface area (Å²) in [7, 11) is 3.97. The van der Waals surface area contributed by atoms with E-state index in [0.717, 1.165) is 47.9 Å². The highest BCUT2D eigenvalue weighted by atomic mass is 16.5. The van der Waals surface area contributed by atoms with Crippen LogP contribution >= 0.6 is 0 Å². The molecule has 0 radical (unpaired) electrons. The Labute approximate surface area is 159 Å². The molecule has 0 bridgehead atoms. The lowest BCUT2D eigenvalue weighted by atomic mass is 10.1. The second kappa shape index (κ2) is 7.52. The molecule has 0 unspecified atom stereocenters. The van der Waals surface area contributed by atoms with Crippen LogP contribution < -0.4 is 9.64 Å². The Hall–Kier alpha value is -2.67. The fourth-order valence-corrected chi connectivity index (χ4v) is 3.74. The van der Waals surface area contributed by atoms with Crippen LogP contribution in [0.4, 0.5) is 5.82 Å². The molecule has 27 heavy (non-hydrogen) atoms. The van der Waals surface area contributed by atoms with Gasteiger partial charge >= 0.3 is 0 Å². The number of rotatable bonds is 3. The first-order chi connectivity index (χ1) is 13.1. The molecule has 0 atom stereocenters. The molecular weight excluding hydrogens is 342 g/mol. The second-order valence-corrected chi connectivity index (χ2v) is 7.25. The van der Waals surface area contributed by atoms with Crippen molar-refractivity contribution < 1.29 is 9.53 Å². The van der Waals surface area contributed by atoms with Crippen LogP contribution in [0.15, 0.2) is 30.6 Å². The normalized spacial score (nSPS) is 16.7. The van der Waals surface area contributed by atoms with E-state index >= 15 is 0 Å². The van der Waals surface area contributed by atoms with Crippen LogP contribution in [-0.2, 0) is 24.3 Å². The van der Waals surface area contributed by atoms with Gasteiger partial charge in [0.1, 0.15) is 24.5 Å². The van der Waals surface area contributed by atoms with Crippen molar-refractivity contribution in [2.24, 2.45) is 0 Å². The average molecular weight is 367 g/mol. The smallest absolute Gasteiger partial charge is 0.237 e. The molecule has 0 fully saturated rings. The topological polar surface area (TPSA) is 61.8 Å². The minimum Gasteiger partial charge on any atom is -0.492 e. The molecule has 2 aliphatic rings. The van der Waals surface area contributed by atoms with E-state index in [4.69, 9.17) is 4.74 Å². The van der Waals surface area contributed by atoms with Gasteiger partial charge in [-0.05, 0) is 12.5 Å². The number of ether oxygens (including phenoxy) is 1. The number of aromatic nitrogens is 2. The summed E-state index contributed by atoms with van der Waals surface area (Å²) in [4.78, 5) is 27.8. The Bertz CT molecular complexity index is 839. The number of para-hydroxylation sites is 1. The molecule has 7 heteroatoms. The van der Waals surface area contributed by atoms with Crippen molar-refractivity contribution in [3.05, 3.63) is 47.4 Å². The Morgan fingerprint density at radius 2 is 2.04 bits per heavy atom. The Morgan fingerprint density at radius 3 is 2.89 bits per heavy atom. The molecule has 0 N–H and O–H groups in total. The molecule has 1 aromatic carbocycles. The van der Waals surface area contributed by atoms with Gasteiger partial charge in [0.05, 0.1) is 18.8 Å². The van der Waals surface area contributed by atoms with E-state index in [-0.39, 0.29) is 5.91 Å². The lowest BCUT2D eigenvalue weighted by molar-refractivity contribution is -0.133. The zero-order valence-corrected chi connectivity index (χ0v) is 15.9. The third-order valence-electron chi connectivity index (χ3n) is 5.15. The Balaban J connectivity index is 1.43. The van der Waals surface area contributed by atoms with Gasteiger partial charge in [-0.15, -0.1) is 0 Å². The molecule has 3 heterocycles. The third kappa shape index (κ3) is 3.73. The summed E-state index contributed by atoms with van der Waals surface area (Å²) in [5, 5.41) is 0. The maximum absolute atomic E-state index is 12.9. The largest absolute Gasteiger partial charge is 0.492 e. The predicted octanol–water partition coefficient (Wildman–Crippen LogP) is 1.32. The van der Waals surface area contributed by atoms with Crippen LogP contribution in [-0.4, -0.2) is 66.0 Å². The lowest BCUT2D eigenvalue weighted by Gasteiger charge is -2.31. The molecule has 0 spiro atoms. The van der Waals surface area contributed by atoms with Gasteiger partial charge in [0.15, 0.2) is 0 Å². The number of carbonyl (C=O) groups excluding carboxylic acids is 1. The van der Waals surface area contributed by atoms with Crippen molar-refractivity contribution in [3.8, 4) is 5.75 Å². The molecular formula is C20H25N5O2. The predicted molar refractivity (Wildman–Crippen MR) is 103 cm³/mol. The van der Waals surface area contributed by atoms with Crippen LogP contribution in [0.2, 0.25) is 0 Å². The van der Waals surface area contributed by atoms with E-state index < -0.39 is 0 Å². The van der Waals surface area contributed by atoms with Crippen molar-refractivity contribution in [3.63, 3.8) is 0 Å². The standard InChI is InChI=1S/C20H25N5O2/c1-23(2)20-16-7-8-25(12-17(16)21-14-22-20)19(26)13-24-9-10-27-18-6-4-3-5-15(18)11-24/h3-6,14H,7-13H2,1-2H3. The first-order valence-electron chi connectivity index (χ1n) is 9.32. The first kappa shape index (κ1) is 17.7. The van der Waals surface area contributed by atoms with Gasteiger partial charge in [0.25, 0.3) is 0 Å². The Kier molecular flexibility index (Phi) is 4.94. The maximum atomic E-state index is 12.9. The van der Waals surface area contributed by atoms with E-state index in [2.05, 4.69) is 20.9 Å². The molecule has 142 valence electrons. The molecule has 0 saturated carbocycles. The van der Waals surface area contributed by atoms with Gasteiger partial charge < -0.3 is 14.5 Å². The van der Waals surface area contributed by atoms with E-state index in [1.165, 1.54) is 0 Å². The van der Waals surface area contributed by atoms with Gasteiger partial charge in [-0.2, -0.15) is 0 Å². The van der Waals surface area contributed by atoms with E-state index in [9.17, 15) is 4.79 Å². The molecule has 4 rings (SSSR count). The minimum absolute atomic E-state index is 0.144. The maximum Gasteiger partial charge on any atom is 0.237 e. The number of hydrogen-bond acceptors (Lipinski definition) is 6. The molecule has 7 nitrogen and oxygen atoms in total. The zero-order chi connectivity index (χ0) is 18.8. The van der Waals surface area contributed by atoms with E-state index in [1.54, 1.807) is 6.33 Å². The quantitative estimate of drug-likeness (QED) is 0.816. The van der Waals surface area contributed by atoms with Crippen molar-refractivity contribution in [1.82, 2.24) is 19.8 Å². The number of benzene rings is 1. The van der Waals surface area contributed by atoms with Crippen LogP contribution in [0.3, 0.4) is 0 Å². The SMILES string of the molecule is CN(C)c1ncnc2c1CCN(C(=O)CN1CCOc3ccccc3C1)C2. The van der Waals surface area contributed by atoms with E-state index in [0.29, 0.717) is 26.2 Å². The molecule has 0 aliphatic carbocycles. The first-order valence-corrected chi connectivity index (χ1v) is 9.32. The van der Waals surface area contributed by atoms with Crippen molar-refractivity contribution >= 4 is 11.7 Å². The van der Waals surface area contributed by atoms with Crippen LogP contribution in [0.25, 0.3) is 0 Å². The third-order valence-corrected chi connectivity index (χ3v) is 5.15. The molecule has 2 aromatic rings. The number of anilines is 1. The number of nitrogens with zero attached hydrogens (tertiary/aromatic N) is 5. The number of hydrogen-bond donors (Lipinski definition) is 0. The molecule has 1 amide bonds. The summed E-state index contributed by atoms with van der Waals surface area (Å²) in [5.41, 5.74) is 3.25. The Morgan fingerprint density at radius 1 is 1.19 bits per heavy atom. The average Bonchev–Trinajstić information content (AvgIpc) is 2.88. The monoisotopic (exact) mass is 367 g/mol. The highest BCUT2D eigenvalue weighted by Crippen LogP contribution is 2.25. The van der Waals surface area contributed by atoms with Gasteiger partial charge in [-0.1, -0.05) is 18.2 Å². The van der Waals surface area contributed by atoms with Crippen molar-refractivity contribution in [2.75, 3.05) is 45.2 Å². The number of carbonyl (C=O) groups is 1. The second-order valence-electron chi connectivity index (χ2n) is 7.25. The highest BCUT2D eigenvalue weighted by Gasteiger charge is 2.26. The van der Waals surface area contributed by atoms with Crippen molar-refractivity contribution in [1.29, 1.82) is 0 Å². The van der Waals surface area contributed by atoms with Gasteiger partial charge in [0, 0.05) is 44.9 Å². The summed E-state index contributed by atoms with van der Waals surface area (Å²) >= 11 is 0. The van der Waals surface area contributed by atoms with E-state index in [1.807, 2.05) is 42.1 Å². The summed E-state index contributed by atoms with van der Waals surface area (Å²) < 4.78 is 5.80. The van der Waals surface area contributed by atoms with Gasteiger partial charge in [-0.25, -0.2) is 9.97 Å². The number of fused-ring (bicyclic) bond motifs is 2. The fourth-order valence-electron chi connectivity index (χ4n) is 3.74. The summed E-state index contributed by atoms with van der Waals surface area (Å²) in [6.07, 6.45) is 2.38. The van der Waals surface area contributed by atoms with Gasteiger partial charge in [0.2, 0.25) is 5.91 Å². The minimum atomic E-state index is 0.144. The van der Waals surface area contributed by atoms with Crippen LogP contribution in [0, 0.1) is 0 Å². The van der Waals surface area contributed by atoms with Crippen LogP contribution in [0.5, 0.6) is 5.75 Å². The zero-order valence-electron chi connectivity index (χ0n) is 15.9. The summed E-state index contributed by atoms with van der Waals surface area (Å²) in [6.45, 7) is 3.75. The molecule has 0 saturated heterocycles. The summed E-state index contributed by atoms with van der Waals surface area (Å²) in [6, 6.07) is 8.05. The fraction of sp³-hybridized carbons (Fsp3) is 0.450. The molecule has 2 aliphatic heterocycles. The van der Waals surface area contributed by atoms with Gasteiger partial charge in [-0.3, -0.25) is 9.69 Å². The summed E-state index contributed by atoms with van der Waals surface area (Å²) in [5.74, 6) is 2.02. The lowest BCUT2D eigenvalue weighted by Crippen LogP contribution is -2.43. The number of amides is 1. The molecule has 1 aromatic heterocycles. The van der Waals surface area contributed by atoms with Crippen molar-refractivity contribution in [2.45, 2.75) is 19.5 Å². The van der Waals surface area contributed by atoms with Crippen LogP contribution in [0.1, 0.15) is 16.8 Å². The highest BCUT2D eigenvalue weighted by molar-refractivity contribution is 5.78.